The van der Waals surface area contributed by atoms with Crippen molar-refractivity contribution in [2.45, 2.75) is 63.3 Å². The van der Waals surface area contributed by atoms with E-state index in [1.165, 1.54) is 11.3 Å². The first-order valence-electron chi connectivity index (χ1n) is 9.98. The van der Waals surface area contributed by atoms with Gasteiger partial charge in [0.05, 0.1) is 18.3 Å². The Kier molecular flexibility index (Phi) is 9.55. The summed E-state index contributed by atoms with van der Waals surface area (Å²) >= 11 is 1.43. The van der Waals surface area contributed by atoms with Crippen LogP contribution in [0.25, 0.3) is 0 Å². The highest BCUT2D eigenvalue weighted by Crippen LogP contribution is 2.36. The van der Waals surface area contributed by atoms with Crippen LogP contribution in [0.15, 0.2) is 36.4 Å². The van der Waals surface area contributed by atoms with Crippen molar-refractivity contribution in [3.05, 3.63) is 46.2 Å². The Balaban J connectivity index is 1.82. The van der Waals surface area contributed by atoms with E-state index in [1.807, 2.05) is 24.3 Å². The molecule has 0 amide bonds. The van der Waals surface area contributed by atoms with Gasteiger partial charge in [-0.3, -0.25) is 4.79 Å². The fourth-order valence-corrected chi connectivity index (χ4v) is 4.48. The third-order valence-corrected chi connectivity index (χ3v) is 6.32. The van der Waals surface area contributed by atoms with Crippen LogP contribution in [0.2, 0.25) is 0 Å². The molecule has 0 spiro atoms. The van der Waals surface area contributed by atoms with Crippen LogP contribution in [-0.4, -0.2) is 44.7 Å². The highest BCUT2D eigenvalue weighted by atomic mass is 32.1. The highest BCUT2D eigenvalue weighted by Gasteiger charge is 2.39. The minimum Gasteiger partial charge on any atom is -0.481 e. The molecular weight excluding hydrogens is 390 g/mol. The lowest BCUT2D eigenvalue weighted by Crippen LogP contribution is -2.20. The second-order valence-electron chi connectivity index (χ2n) is 7.47. The predicted octanol–water partition coefficient (Wildman–Crippen LogP) is 3.03. The molecule has 4 N–H and O–H groups in total. The Morgan fingerprint density at radius 2 is 2.10 bits per heavy atom. The predicted molar refractivity (Wildman–Crippen MR) is 111 cm³/mol. The first-order chi connectivity index (χ1) is 13.9. The SMILES string of the molecule is N#Cc1ccc(CCC(O)/C=C/[C@H]2C(O)CC(O)[C@@H]2C/C=C\CCCC(=O)O)s1. The molecule has 1 fully saturated rings. The molecule has 6 nitrogen and oxygen atoms in total. The van der Waals surface area contributed by atoms with E-state index in [-0.39, 0.29) is 18.3 Å². The van der Waals surface area contributed by atoms with E-state index in [9.17, 15) is 20.1 Å². The van der Waals surface area contributed by atoms with E-state index in [0.717, 1.165) is 4.88 Å². The van der Waals surface area contributed by atoms with E-state index < -0.39 is 24.3 Å². The maximum Gasteiger partial charge on any atom is 0.303 e. The number of aryl methyl sites for hydroxylation is 1. The maximum atomic E-state index is 10.5. The lowest BCUT2D eigenvalue weighted by atomic mass is 9.89. The molecule has 0 bridgehead atoms. The number of aliphatic carboxylic acids is 1. The number of aliphatic hydroxyl groups excluding tert-OH is 3. The van der Waals surface area contributed by atoms with Gasteiger partial charge in [0, 0.05) is 23.6 Å². The van der Waals surface area contributed by atoms with Gasteiger partial charge in [0.2, 0.25) is 0 Å². The number of thiophene rings is 1. The Bertz CT molecular complexity index is 751. The summed E-state index contributed by atoms with van der Waals surface area (Å²) in [4.78, 5) is 12.2. The van der Waals surface area contributed by atoms with Crippen molar-refractivity contribution >= 4 is 17.3 Å². The number of aliphatic hydroxyl groups is 3. The summed E-state index contributed by atoms with van der Waals surface area (Å²) in [7, 11) is 0. The molecule has 0 aromatic carbocycles. The molecule has 7 heteroatoms. The van der Waals surface area contributed by atoms with E-state index in [0.29, 0.717) is 43.4 Å². The largest absolute Gasteiger partial charge is 0.481 e. The summed E-state index contributed by atoms with van der Waals surface area (Å²) in [5, 5.41) is 48.3. The van der Waals surface area contributed by atoms with E-state index in [1.54, 1.807) is 12.1 Å². The fraction of sp³-hybridized carbons (Fsp3) is 0.545. The smallest absolute Gasteiger partial charge is 0.303 e. The minimum absolute atomic E-state index is 0.125. The van der Waals surface area contributed by atoms with Gasteiger partial charge < -0.3 is 20.4 Å². The number of hydrogen-bond acceptors (Lipinski definition) is 6. The number of rotatable bonds is 11. The third kappa shape index (κ3) is 7.75. The Hall–Kier alpha value is -1.98. The van der Waals surface area contributed by atoms with Gasteiger partial charge in [-0.2, -0.15) is 5.26 Å². The second-order valence-corrected chi connectivity index (χ2v) is 8.64. The van der Waals surface area contributed by atoms with E-state index >= 15 is 0 Å². The van der Waals surface area contributed by atoms with Gasteiger partial charge in [-0.05, 0) is 50.2 Å². The number of carboxylic acids is 1. The van der Waals surface area contributed by atoms with Crippen LogP contribution in [0.5, 0.6) is 0 Å². The van der Waals surface area contributed by atoms with Gasteiger partial charge in [0.25, 0.3) is 0 Å². The van der Waals surface area contributed by atoms with Crippen molar-refractivity contribution in [3.63, 3.8) is 0 Å². The average molecular weight is 420 g/mol. The van der Waals surface area contributed by atoms with Crippen molar-refractivity contribution < 1.29 is 25.2 Å². The average Bonchev–Trinajstić information content (AvgIpc) is 3.25. The summed E-state index contributed by atoms with van der Waals surface area (Å²) in [6.07, 6.45) is 8.98. The highest BCUT2D eigenvalue weighted by molar-refractivity contribution is 7.12. The Labute approximate surface area is 175 Å². The van der Waals surface area contributed by atoms with Crippen molar-refractivity contribution in [3.8, 4) is 6.07 Å². The number of nitriles is 1. The van der Waals surface area contributed by atoms with Crippen LogP contribution in [0.1, 0.15) is 48.3 Å². The normalized spacial score (nSPS) is 25.6. The van der Waals surface area contributed by atoms with Gasteiger partial charge in [-0.15, -0.1) is 11.3 Å². The van der Waals surface area contributed by atoms with Crippen molar-refractivity contribution in [1.29, 1.82) is 5.26 Å². The van der Waals surface area contributed by atoms with Crippen LogP contribution in [0.3, 0.4) is 0 Å². The number of nitrogens with zero attached hydrogens (tertiary/aromatic N) is 1. The zero-order chi connectivity index (χ0) is 21.2. The topological polar surface area (TPSA) is 122 Å². The summed E-state index contributed by atoms with van der Waals surface area (Å²) in [6, 6.07) is 5.78. The zero-order valence-corrected chi connectivity index (χ0v) is 17.2. The molecule has 3 unspecified atom stereocenters. The molecule has 0 saturated heterocycles. The number of unbranched alkanes of at least 4 members (excludes halogenated alkanes) is 1. The first-order valence-corrected chi connectivity index (χ1v) is 10.8. The third-order valence-electron chi connectivity index (χ3n) is 5.27. The summed E-state index contributed by atoms with van der Waals surface area (Å²) in [5.41, 5.74) is 0. The molecule has 1 aliphatic rings. The summed E-state index contributed by atoms with van der Waals surface area (Å²) in [5.74, 6) is -1.16. The Morgan fingerprint density at radius 3 is 2.79 bits per heavy atom. The van der Waals surface area contributed by atoms with Gasteiger partial charge in [0.15, 0.2) is 0 Å². The van der Waals surface area contributed by atoms with E-state index in [4.69, 9.17) is 10.4 Å². The number of carbonyl (C=O) groups is 1. The van der Waals surface area contributed by atoms with Crippen molar-refractivity contribution in [2.24, 2.45) is 11.8 Å². The van der Waals surface area contributed by atoms with Crippen LogP contribution >= 0.6 is 11.3 Å². The van der Waals surface area contributed by atoms with Gasteiger partial charge in [-0.1, -0.05) is 24.3 Å². The molecular formula is C22H29NO5S. The Morgan fingerprint density at radius 1 is 1.31 bits per heavy atom. The van der Waals surface area contributed by atoms with Crippen LogP contribution in [-0.2, 0) is 11.2 Å². The maximum absolute atomic E-state index is 10.5. The second kappa shape index (κ2) is 11.9. The number of allylic oxidation sites excluding steroid dienone is 2. The van der Waals surface area contributed by atoms with Gasteiger partial charge in [-0.25, -0.2) is 0 Å². The fourth-order valence-electron chi connectivity index (χ4n) is 3.66. The standard InChI is InChI=1S/C22H29NO5S/c23-14-17-11-10-16(29-17)9-7-15(24)8-12-19-18(20(25)13-21(19)26)5-3-1-2-4-6-22(27)28/h1,3,8,10-12,15,18-21,24-26H,2,4-7,9,13H2,(H,27,28)/b3-1-,12-8+/t15?,18-,19-,20?,21?/m1/s1. The van der Waals surface area contributed by atoms with Crippen LogP contribution in [0, 0.1) is 23.2 Å². The van der Waals surface area contributed by atoms with Crippen LogP contribution < -0.4 is 0 Å². The molecule has 5 atom stereocenters. The zero-order valence-electron chi connectivity index (χ0n) is 16.4. The van der Waals surface area contributed by atoms with Crippen LogP contribution in [0.4, 0.5) is 0 Å². The molecule has 1 aromatic heterocycles. The van der Waals surface area contributed by atoms with Crippen molar-refractivity contribution in [1.82, 2.24) is 0 Å². The monoisotopic (exact) mass is 419 g/mol. The lowest BCUT2D eigenvalue weighted by molar-refractivity contribution is -0.137. The minimum atomic E-state index is -0.805. The molecule has 1 heterocycles. The summed E-state index contributed by atoms with van der Waals surface area (Å²) in [6.45, 7) is 0. The molecule has 1 saturated carbocycles. The first kappa shape index (κ1) is 23.3. The quantitative estimate of drug-likeness (QED) is 0.323. The van der Waals surface area contributed by atoms with Gasteiger partial charge >= 0.3 is 5.97 Å². The van der Waals surface area contributed by atoms with Gasteiger partial charge in [0.1, 0.15) is 10.9 Å². The molecule has 1 aromatic rings. The van der Waals surface area contributed by atoms with Crippen molar-refractivity contribution in [2.75, 3.05) is 0 Å². The summed E-state index contributed by atoms with van der Waals surface area (Å²) < 4.78 is 0. The number of hydrogen-bond donors (Lipinski definition) is 4. The molecule has 1 aliphatic carbocycles. The number of carboxylic acid groups (broad SMARTS) is 1. The van der Waals surface area contributed by atoms with E-state index in [2.05, 4.69) is 6.07 Å². The lowest BCUT2D eigenvalue weighted by Gasteiger charge is -2.19. The molecule has 0 radical (unpaired) electrons. The molecule has 158 valence electrons. The molecule has 0 aliphatic heterocycles. The molecule has 29 heavy (non-hydrogen) atoms. The molecule has 2 rings (SSSR count).